The molecule has 1 aromatic carbocycles. The smallest absolute Gasteiger partial charge is 0.165 e. The Morgan fingerprint density at radius 3 is 2.55 bits per heavy atom. The molecule has 0 radical (unpaired) electrons. The Hall–Kier alpha value is -1.13. The van der Waals surface area contributed by atoms with Crippen molar-refractivity contribution in [1.82, 2.24) is 4.90 Å². The molecular weight excluding hydrogens is 255 g/mol. The number of hydrogen-bond donors (Lipinski definition) is 1. The third kappa shape index (κ3) is 5.88. The monoisotopic (exact) mass is 282 g/mol. The quantitative estimate of drug-likeness (QED) is 0.757. The van der Waals surface area contributed by atoms with E-state index in [-0.39, 0.29) is 11.2 Å². The van der Waals surface area contributed by atoms with Gasteiger partial charge in [0.05, 0.1) is 0 Å². The second-order valence-corrected chi connectivity index (χ2v) is 5.92. The Morgan fingerprint density at radius 1 is 1.25 bits per heavy atom. The van der Waals surface area contributed by atoms with E-state index in [4.69, 9.17) is 10.5 Å². The summed E-state index contributed by atoms with van der Waals surface area (Å²) in [6.45, 7) is 10.3. The molecule has 0 aliphatic rings. The molecule has 0 amide bonds. The highest BCUT2D eigenvalue weighted by atomic mass is 19.1. The minimum absolute atomic E-state index is 0.0904. The molecule has 3 nitrogen and oxygen atoms in total. The van der Waals surface area contributed by atoms with Crippen LogP contribution in [0.2, 0.25) is 0 Å². The molecule has 2 N–H and O–H groups in total. The lowest BCUT2D eigenvalue weighted by Gasteiger charge is -2.31. The van der Waals surface area contributed by atoms with E-state index in [0.717, 1.165) is 26.1 Å². The average Bonchev–Trinajstić information content (AvgIpc) is 2.41. The van der Waals surface area contributed by atoms with Crippen molar-refractivity contribution in [3.63, 3.8) is 0 Å². The van der Waals surface area contributed by atoms with E-state index in [1.807, 2.05) is 0 Å². The van der Waals surface area contributed by atoms with Gasteiger partial charge in [0.2, 0.25) is 0 Å². The number of nitrogens with two attached hydrogens (primary N) is 1. The Kier molecular flexibility index (Phi) is 6.96. The molecule has 0 aliphatic carbocycles. The van der Waals surface area contributed by atoms with Crippen LogP contribution in [0.5, 0.6) is 5.75 Å². The predicted molar refractivity (Wildman–Crippen MR) is 81.5 cm³/mol. The standard InChI is InChI=1S/C16H27FN2O/c1-4-9-19(13-16(2,3)12-18)10-11-20-15-8-6-5-7-14(15)17/h5-8H,4,9-13,18H2,1-3H3. The van der Waals surface area contributed by atoms with Gasteiger partial charge in [0.25, 0.3) is 0 Å². The van der Waals surface area contributed by atoms with Crippen LogP contribution in [0, 0.1) is 11.2 Å². The van der Waals surface area contributed by atoms with Gasteiger partial charge in [0, 0.05) is 13.1 Å². The fourth-order valence-corrected chi connectivity index (χ4v) is 2.10. The van der Waals surface area contributed by atoms with Crippen molar-refractivity contribution in [2.24, 2.45) is 11.1 Å². The second kappa shape index (κ2) is 8.22. The summed E-state index contributed by atoms with van der Waals surface area (Å²) in [5.41, 5.74) is 5.87. The number of para-hydroxylation sites is 1. The van der Waals surface area contributed by atoms with Crippen LogP contribution in [-0.4, -0.2) is 37.7 Å². The van der Waals surface area contributed by atoms with Crippen LogP contribution in [0.15, 0.2) is 24.3 Å². The van der Waals surface area contributed by atoms with Crippen LogP contribution in [0.25, 0.3) is 0 Å². The van der Waals surface area contributed by atoms with Crippen LogP contribution < -0.4 is 10.5 Å². The van der Waals surface area contributed by atoms with Gasteiger partial charge in [-0.2, -0.15) is 0 Å². The van der Waals surface area contributed by atoms with Gasteiger partial charge in [-0.05, 0) is 37.1 Å². The summed E-state index contributed by atoms with van der Waals surface area (Å²) in [4.78, 5) is 2.33. The molecule has 0 aromatic heterocycles. The first-order chi connectivity index (χ1) is 9.48. The SMILES string of the molecule is CCCN(CCOc1ccccc1F)CC(C)(C)CN. The van der Waals surface area contributed by atoms with E-state index in [1.54, 1.807) is 18.2 Å². The molecule has 0 bridgehead atoms. The molecule has 20 heavy (non-hydrogen) atoms. The molecule has 0 saturated heterocycles. The maximum atomic E-state index is 13.4. The molecule has 0 aliphatic heterocycles. The zero-order chi connectivity index (χ0) is 15.0. The first-order valence-electron chi connectivity index (χ1n) is 7.28. The van der Waals surface area contributed by atoms with E-state index in [1.165, 1.54) is 6.07 Å². The van der Waals surface area contributed by atoms with Crippen molar-refractivity contribution in [2.45, 2.75) is 27.2 Å². The fraction of sp³-hybridized carbons (Fsp3) is 0.625. The third-order valence-corrected chi connectivity index (χ3v) is 3.25. The van der Waals surface area contributed by atoms with E-state index in [9.17, 15) is 4.39 Å². The van der Waals surface area contributed by atoms with Crippen LogP contribution in [0.1, 0.15) is 27.2 Å². The molecule has 0 unspecified atom stereocenters. The number of nitrogens with zero attached hydrogens (tertiary/aromatic N) is 1. The largest absolute Gasteiger partial charge is 0.489 e. The molecule has 1 rings (SSSR count). The highest BCUT2D eigenvalue weighted by Crippen LogP contribution is 2.17. The third-order valence-electron chi connectivity index (χ3n) is 3.25. The van der Waals surface area contributed by atoms with Crippen molar-refractivity contribution in [3.05, 3.63) is 30.1 Å². The zero-order valence-electron chi connectivity index (χ0n) is 12.9. The summed E-state index contributed by atoms with van der Waals surface area (Å²) >= 11 is 0. The van der Waals surface area contributed by atoms with Crippen molar-refractivity contribution >= 4 is 0 Å². The van der Waals surface area contributed by atoms with Crippen LogP contribution in [-0.2, 0) is 0 Å². The van der Waals surface area contributed by atoms with Gasteiger partial charge in [-0.1, -0.05) is 32.9 Å². The van der Waals surface area contributed by atoms with Gasteiger partial charge in [0.15, 0.2) is 11.6 Å². The van der Waals surface area contributed by atoms with Crippen LogP contribution >= 0.6 is 0 Å². The highest BCUT2D eigenvalue weighted by molar-refractivity contribution is 5.23. The van der Waals surface area contributed by atoms with E-state index in [2.05, 4.69) is 25.7 Å². The Balaban J connectivity index is 2.45. The Labute approximate surface area is 121 Å². The zero-order valence-corrected chi connectivity index (χ0v) is 12.9. The normalized spacial score (nSPS) is 11.9. The molecule has 0 saturated carbocycles. The molecule has 1 aromatic rings. The van der Waals surface area contributed by atoms with Gasteiger partial charge in [-0.25, -0.2) is 4.39 Å². The summed E-state index contributed by atoms with van der Waals surface area (Å²) in [5.74, 6) is 0.0128. The van der Waals surface area contributed by atoms with Crippen molar-refractivity contribution in [3.8, 4) is 5.75 Å². The summed E-state index contributed by atoms with van der Waals surface area (Å²) in [5, 5.41) is 0. The molecule has 114 valence electrons. The molecule has 0 fully saturated rings. The minimum Gasteiger partial charge on any atom is -0.489 e. The van der Waals surface area contributed by atoms with Crippen molar-refractivity contribution in [2.75, 3.05) is 32.8 Å². The van der Waals surface area contributed by atoms with Crippen molar-refractivity contribution in [1.29, 1.82) is 0 Å². The summed E-state index contributed by atoms with van der Waals surface area (Å²) in [6, 6.07) is 6.51. The summed E-state index contributed by atoms with van der Waals surface area (Å²) in [7, 11) is 0. The molecule has 4 heteroatoms. The highest BCUT2D eigenvalue weighted by Gasteiger charge is 2.19. The summed E-state index contributed by atoms with van der Waals surface area (Å²) in [6.07, 6.45) is 1.08. The summed E-state index contributed by atoms with van der Waals surface area (Å²) < 4.78 is 18.9. The lowest BCUT2D eigenvalue weighted by molar-refractivity contribution is 0.152. The maximum absolute atomic E-state index is 13.4. The maximum Gasteiger partial charge on any atom is 0.165 e. The number of ether oxygens (including phenoxy) is 1. The number of benzene rings is 1. The van der Waals surface area contributed by atoms with E-state index in [0.29, 0.717) is 18.9 Å². The van der Waals surface area contributed by atoms with Gasteiger partial charge in [-0.15, -0.1) is 0 Å². The lowest BCUT2D eigenvalue weighted by Crippen LogP contribution is -2.40. The van der Waals surface area contributed by atoms with Gasteiger partial charge in [-0.3, -0.25) is 4.90 Å². The second-order valence-electron chi connectivity index (χ2n) is 5.92. The van der Waals surface area contributed by atoms with Crippen LogP contribution in [0.3, 0.4) is 0 Å². The first kappa shape index (κ1) is 16.9. The van der Waals surface area contributed by atoms with Gasteiger partial charge in [0.1, 0.15) is 6.61 Å². The minimum atomic E-state index is -0.308. The molecule has 0 spiro atoms. The molecule has 0 atom stereocenters. The lowest BCUT2D eigenvalue weighted by atomic mass is 9.93. The molecular formula is C16H27FN2O. The van der Waals surface area contributed by atoms with E-state index < -0.39 is 0 Å². The van der Waals surface area contributed by atoms with Gasteiger partial charge >= 0.3 is 0 Å². The first-order valence-corrected chi connectivity index (χ1v) is 7.28. The van der Waals surface area contributed by atoms with E-state index >= 15 is 0 Å². The number of halogens is 1. The predicted octanol–water partition coefficient (Wildman–Crippen LogP) is 2.90. The fourth-order valence-electron chi connectivity index (χ4n) is 2.10. The number of hydrogen-bond acceptors (Lipinski definition) is 3. The molecule has 0 heterocycles. The van der Waals surface area contributed by atoms with Crippen LogP contribution in [0.4, 0.5) is 4.39 Å². The van der Waals surface area contributed by atoms with Crippen molar-refractivity contribution < 1.29 is 9.13 Å². The Morgan fingerprint density at radius 2 is 1.95 bits per heavy atom. The average molecular weight is 282 g/mol. The van der Waals surface area contributed by atoms with Gasteiger partial charge < -0.3 is 10.5 Å². The number of rotatable bonds is 9. The topological polar surface area (TPSA) is 38.5 Å². The Bertz CT molecular complexity index is 396.